The van der Waals surface area contributed by atoms with Gasteiger partial charge in [0.15, 0.2) is 0 Å². The number of hydrogen-bond donors (Lipinski definition) is 0. The molecule has 0 radical (unpaired) electrons. The van der Waals surface area contributed by atoms with Crippen LogP contribution >= 0.6 is 0 Å². The molecule has 3 atom stereocenters. The Kier molecular flexibility index (Phi) is 3.13. The third-order valence-electron chi connectivity index (χ3n) is 3.17. The van der Waals surface area contributed by atoms with Gasteiger partial charge in [-0.1, -0.05) is 31.6 Å². The van der Waals surface area contributed by atoms with Crippen molar-refractivity contribution in [3.05, 3.63) is 24.3 Å². The zero-order chi connectivity index (χ0) is 9.14. The van der Waals surface area contributed by atoms with Gasteiger partial charge in [0.05, 0.1) is 0 Å². The van der Waals surface area contributed by atoms with Crippen molar-refractivity contribution in [1.29, 1.82) is 0 Å². The molecule has 0 aromatic carbocycles. The maximum absolute atomic E-state index is 3.81. The van der Waals surface area contributed by atoms with Crippen molar-refractivity contribution >= 4 is 0 Å². The Hall–Kier alpha value is -0.520. The van der Waals surface area contributed by atoms with Crippen LogP contribution in [-0.4, -0.2) is 0 Å². The van der Waals surface area contributed by atoms with Crippen LogP contribution in [0.2, 0.25) is 0 Å². The summed E-state index contributed by atoms with van der Waals surface area (Å²) >= 11 is 0. The molecule has 0 fully saturated rings. The summed E-state index contributed by atoms with van der Waals surface area (Å²) in [5.74, 6) is 2.39. The SMILES string of the molecule is C=CC[C@H]1CC(C)C(C)C=C1C. The third-order valence-corrected chi connectivity index (χ3v) is 3.17. The van der Waals surface area contributed by atoms with E-state index in [2.05, 4.69) is 33.4 Å². The van der Waals surface area contributed by atoms with Crippen LogP contribution in [0.1, 0.15) is 33.6 Å². The van der Waals surface area contributed by atoms with E-state index in [-0.39, 0.29) is 0 Å². The van der Waals surface area contributed by atoms with Crippen molar-refractivity contribution < 1.29 is 0 Å². The van der Waals surface area contributed by atoms with Gasteiger partial charge < -0.3 is 0 Å². The average molecular weight is 164 g/mol. The monoisotopic (exact) mass is 164 g/mol. The fraction of sp³-hybridized carbons (Fsp3) is 0.667. The molecular formula is C12H20. The van der Waals surface area contributed by atoms with Gasteiger partial charge in [-0.2, -0.15) is 0 Å². The van der Waals surface area contributed by atoms with Crippen LogP contribution in [0.5, 0.6) is 0 Å². The highest BCUT2D eigenvalue weighted by molar-refractivity contribution is 5.11. The number of rotatable bonds is 2. The lowest BCUT2D eigenvalue weighted by Crippen LogP contribution is -2.18. The predicted molar refractivity (Wildman–Crippen MR) is 55.0 cm³/mol. The minimum atomic E-state index is 0.770. The van der Waals surface area contributed by atoms with E-state index in [1.165, 1.54) is 6.42 Å². The zero-order valence-electron chi connectivity index (χ0n) is 8.51. The topological polar surface area (TPSA) is 0 Å². The summed E-state index contributed by atoms with van der Waals surface area (Å²) in [6.07, 6.45) is 6.97. The Morgan fingerprint density at radius 3 is 2.83 bits per heavy atom. The Balaban J connectivity index is 2.67. The molecule has 0 aromatic rings. The fourth-order valence-corrected chi connectivity index (χ4v) is 2.05. The largest absolute Gasteiger partial charge is 0.103 e. The summed E-state index contributed by atoms with van der Waals surface area (Å²) in [4.78, 5) is 0. The quantitative estimate of drug-likeness (QED) is 0.544. The number of hydrogen-bond acceptors (Lipinski definition) is 0. The lowest BCUT2D eigenvalue weighted by Gasteiger charge is -2.30. The molecule has 0 nitrogen and oxygen atoms in total. The van der Waals surface area contributed by atoms with Gasteiger partial charge in [0, 0.05) is 0 Å². The molecule has 2 unspecified atom stereocenters. The standard InChI is InChI=1S/C12H20/c1-5-6-12-8-10(3)9(2)7-11(12)4/h5,7,9-10,12H,1,6,8H2,2-4H3/t9?,10?,12-/m0/s1. The van der Waals surface area contributed by atoms with E-state index in [0.717, 1.165) is 24.2 Å². The van der Waals surface area contributed by atoms with Gasteiger partial charge in [-0.05, 0) is 37.5 Å². The minimum absolute atomic E-state index is 0.770. The lowest BCUT2D eigenvalue weighted by atomic mass is 9.76. The molecule has 0 amide bonds. The fourth-order valence-electron chi connectivity index (χ4n) is 2.05. The molecule has 0 aliphatic heterocycles. The van der Waals surface area contributed by atoms with E-state index in [1.54, 1.807) is 5.57 Å². The summed E-state index contributed by atoms with van der Waals surface area (Å²) in [6.45, 7) is 10.7. The molecule has 0 saturated heterocycles. The molecule has 0 aromatic heterocycles. The van der Waals surface area contributed by atoms with Crippen molar-refractivity contribution in [3.63, 3.8) is 0 Å². The molecule has 0 bridgehead atoms. The van der Waals surface area contributed by atoms with E-state index in [9.17, 15) is 0 Å². The van der Waals surface area contributed by atoms with E-state index < -0.39 is 0 Å². The van der Waals surface area contributed by atoms with Gasteiger partial charge in [0.2, 0.25) is 0 Å². The first-order chi connectivity index (χ1) is 5.65. The summed E-state index contributed by atoms with van der Waals surface area (Å²) in [7, 11) is 0. The minimum Gasteiger partial charge on any atom is -0.103 e. The second-order valence-electron chi connectivity index (χ2n) is 4.20. The smallest absolute Gasteiger partial charge is 0.0169 e. The Morgan fingerprint density at radius 1 is 1.58 bits per heavy atom. The molecule has 68 valence electrons. The van der Waals surface area contributed by atoms with E-state index in [4.69, 9.17) is 0 Å². The van der Waals surface area contributed by atoms with Crippen LogP contribution in [0.25, 0.3) is 0 Å². The summed E-state index contributed by atoms with van der Waals surface area (Å²) in [5, 5.41) is 0. The highest BCUT2D eigenvalue weighted by Gasteiger charge is 2.22. The second-order valence-corrected chi connectivity index (χ2v) is 4.20. The van der Waals surface area contributed by atoms with Crippen LogP contribution in [-0.2, 0) is 0 Å². The van der Waals surface area contributed by atoms with Crippen LogP contribution in [0.15, 0.2) is 24.3 Å². The number of allylic oxidation sites excluding steroid dienone is 3. The molecule has 0 spiro atoms. The maximum atomic E-state index is 3.81. The Bertz CT molecular complexity index is 188. The first-order valence-electron chi connectivity index (χ1n) is 4.94. The third kappa shape index (κ3) is 2.00. The van der Waals surface area contributed by atoms with Gasteiger partial charge in [0.1, 0.15) is 0 Å². The lowest BCUT2D eigenvalue weighted by molar-refractivity contribution is 0.338. The summed E-state index contributed by atoms with van der Waals surface area (Å²) < 4.78 is 0. The van der Waals surface area contributed by atoms with Crippen molar-refractivity contribution in [2.45, 2.75) is 33.6 Å². The van der Waals surface area contributed by atoms with E-state index in [0.29, 0.717) is 0 Å². The molecular weight excluding hydrogens is 144 g/mol. The van der Waals surface area contributed by atoms with Crippen LogP contribution in [0.3, 0.4) is 0 Å². The molecule has 0 N–H and O–H groups in total. The molecule has 1 rings (SSSR count). The average Bonchev–Trinajstić information content (AvgIpc) is 2.01. The maximum Gasteiger partial charge on any atom is -0.0169 e. The summed E-state index contributed by atoms with van der Waals surface area (Å²) in [5.41, 5.74) is 1.57. The second kappa shape index (κ2) is 3.93. The van der Waals surface area contributed by atoms with Gasteiger partial charge in [-0.15, -0.1) is 6.58 Å². The highest BCUT2D eigenvalue weighted by atomic mass is 14.3. The van der Waals surface area contributed by atoms with Crippen LogP contribution < -0.4 is 0 Å². The molecule has 1 aliphatic rings. The molecule has 12 heavy (non-hydrogen) atoms. The van der Waals surface area contributed by atoms with Gasteiger partial charge in [0.25, 0.3) is 0 Å². The predicted octanol–water partition coefficient (Wildman–Crippen LogP) is 3.80. The molecule has 0 saturated carbocycles. The van der Waals surface area contributed by atoms with Gasteiger partial charge in [-0.3, -0.25) is 0 Å². The van der Waals surface area contributed by atoms with Crippen molar-refractivity contribution in [2.75, 3.05) is 0 Å². The molecule has 0 heterocycles. The Labute approximate surface area is 76.4 Å². The van der Waals surface area contributed by atoms with Crippen molar-refractivity contribution in [3.8, 4) is 0 Å². The van der Waals surface area contributed by atoms with Crippen molar-refractivity contribution in [1.82, 2.24) is 0 Å². The van der Waals surface area contributed by atoms with Crippen molar-refractivity contribution in [2.24, 2.45) is 17.8 Å². The van der Waals surface area contributed by atoms with Crippen LogP contribution in [0, 0.1) is 17.8 Å². The highest BCUT2D eigenvalue weighted by Crippen LogP contribution is 2.34. The molecule has 1 aliphatic carbocycles. The zero-order valence-corrected chi connectivity index (χ0v) is 8.51. The first kappa shape index (κ1) is 9.57. The first-order valence-corrected chi connectivity index (χ1v) is 4.94. The molecule has 0 heteroatoms. The van der Waals surface area contributed by atoms with Crippen LogP contribution in [0.4, 0.5) is 0 Å². The van der Waals surface area contributed by atoms with Gasteiger partial charge >= 0.3 is 0 Å². The normalized spacial score (nSPS) is 35.9. The van der Waals surface area contributed by atoms with Gasteiger partial charge in [-0.25, -0.2) is 0 Å². The Morgan fingerprint density at radius 2 is 2.25 bits per heavy atom. The summed E-state index contributed by atoms with van der Waals surface area (Å²) in [6, 6.07) is 0. The van der Waals surface area contributed by atoms with E-state index in [1.807, 2.05) is 6.08 Å². The van der Waals surface area contributed by atoms with E-state index >= 15 is 0 Å².